The Labute approximate surface area is 162 Å². The van der Waals surface area contributed by atoms with Crippen molar-refractivity contribution in [2.45, 2.75) is 38.8 Å². The third-order valence-corrected chi connectivity index (χ3v) is 4.66. The second-order valence-corrected chi connectivity index (χ2v) is 6.58. The molecular formula is C20H22N2O6. The van der Waals surface area contributed by atoms with Gasteiger partial charge in [0.15, 0.2) is 17.2 Å². The van der Waals surface area contributed by atoms with Gasteiger partial charge < -0.3 is 18.9 Å². The van der Waals surface area contributed by atoms with E-state index in [0.717, 1.165) is 12.8 Å². The lowest BCUT2D eigenvalue weighted by molar-refractivity contribution is -0.147. The Hall–Kier alpha value is -3.16. The average molecular weight is 386 g/mol. The normalized spacial score (nSPS) is 16.5. The first kappa shape index (κ1) is 19.6. The van der Waals surface area contributed by atoms with Gasteiger partial charge in [-0.25, -0.2) is 4.79 Å². The van der Waals surface area contributed by atoms with Crippen molar-refractivity contribution in [2.24, 2.45) is 0 Å². The first-order valence-corrected chi connectivity index (χ1v) is 9.08. The van der Waals surface area contributed by atoms with Crippen LogP contribution in [0.5, 0.6) is 5.75 Å². The number of benzene rings is 1. The lowest BCUT2D eigenvalue weighted by atomic mass is 10.0. The number of rotatable bonds is 6. The standard InChI is InChI=1S/C20H22N2O6/c1-13(23)14-6-8-15(9-7-14)27-12-16-11-17(21-28-16)19(24)22-10-4-3-5-18(22)20(25)26-2/h6-9,11,18H,3-5,10,12H2,1-2H3. The maximum Gasteiger partial charge on any atom is 0.328 e. The molecule has 0 N–H and O–H groups in total. The van der Waals surface area contributed by atoms with Crippen LogP contribution in [0.15, 0.2) is 34.9 Å². The number of hydrogen-bond donors (Lipinski definition) is 0. The van der Waals surface area contributed by atoms with Crippen LogP contribution in [0.3, 0.4) is 0 Å². The zero-order valence-electron chi connectivity index (χ0n) is 15.8. The Balaban J connectivity index is 1.63. The number of nitrogens with zero attached hydrogens (tertiary/aromatic N) is 2. The number of carbonyl (C=O) groups excluding carboxylic acids is 3. The highest BCUT2D eigenvalue weighted by Crippen LogP contribution is 2.21. The highest BCUT2D eigenvalue weighted by atomic mass is 16.5. The Morgan fingerprint density at radius 3 is 2.64 bits per heavy atom. The number of Topliss-reactive ketones (excluding diaryl/α,β-unsaturated/α-hetero) is 1. The predicted octanol–water partition coefficient (Wildman–Crippen LogP) is 2.62. The fraction of sp³-hybridized carbons (Fsp3) is 0.400. The zero-order valence-corrected chi connectivity index (χ0v) is 15.8. The molecule has 1 atom stereocenters. The van der Waals surface area contributed by atoms with Crippen molar-refractivity contribution in [3.8, 4) is 5.75 Å². The van der Waals surface area contributed by atoms with E-state index in [4.69, 9.17) is 14.0 Å². The van der Waals surface area contributed by atoms with Crippen LogP contribution in [0.4, 0.5) is 0 Å². The van der Waals surface area contributed by atoms with Crippen LogP contribution in [0.1, 0.15) is 52.8 Å². The minimum absolute atomic E-state index is 0.0205. The maximum absolute atomic E-state index is 12.7. The van der Waals surface area contributed by atoms with Crippen molar-refractivity contribution in [2.75, 3.05) is 13.7 Å². The number of amides is 1. The molecular weight excluding hydrogens is 364 g/mol. The van der Waals surface area contributed by atoms with Gasteiger partial charge in [0.25, 0.3) is 5.91 Å². The number of esters is 1. The van der Waals surface area contributed by atoms with E-state index in [9.17, 15) is 14.4 Å². The molecule has 1 aliphatic heterocycles. The monoisotopic (exact) mass is 386 g/mol. The highest BCUT2D eigenvalue weighted by molar-refractivity contribution is 5.95. The van der Waals surface area contributed by atoms with Gasteiger partial charge in [-0.3, -0.25) is 9.59 Å². The molecule has 0 radical (unpaired) electrons. The van der Waals surface area contributed by atoms with Gasteiger partial charge in [-0.1, -0.05) is 5.16 Å². The van der Waals surface area contributed by atoms with E-state index in [1.807, 2.05) is 0 Å². The quantitative estimate of drug-likeness (QED) is 0.556. The van der Waals surface area contributed by atoms with Crippen LogP contribution in [0, 0.1) is 0 Å². The fourth-order valence-corrected chi connectivity index (χ4v) is 3.12. The number of hydrogen-bond acceptors (Lipinski definition) is 7. The minimum atomic E-state index is -0.595. The van der Waals surface area contributed by atoms with Gasteiger partial charge in [0, 0.05) is 18.2 Å². The van der Waals surface area contributed by atoms with E-state index in [-0.39, 0.29) is 24.0 Å². The lowest BCUT2D eigenvalue weighted by Gasteiger charge is -2.33. The molecule has 8 nitrogen and oxygen atoms in total. The molecule has 1 aromatic carbocycles. The van der Waals surface area contributed by atoms with Crippen molar-refractivity contribution in [1.29, 1.82) is 0 Å². The van der Waals surface area contributed by atoms with Crippen molar-refractivity contribution in [3.63, 3.8) is 0 Å². The topological polar surface area (TPSA) is 98.9 Å². The first-order chi connectivity index (χ1) is 13.5. The van der Waals surface area contributed by atoms with Crippen molar-refractivity contribution in [3.05, 3.63) is 47.3 Å². The molecule has 1 amide bonds. The van der Waals surface area contributed by atoms with Gasteiger partial charge in [-0.05, 0) is 50.5 Å². The van der Waals surface area contributed by atoms with Crippen LogP contribution in [-0.4, -0.2) is 47.4 Å². The molecule has 1 saturated heterocycles. The molecule has 8 heteroatoms. The SMILES string of the molecule is COC(=O)C1CCCCN1C(=O)c1cc(COc2ccc(C(C)=O)cc2)on1. The van der Waals surface area contributed by atoms with Gasteiger partial charge in [0.05, 0.1) is 7.11 Å². The Kier molecular flexibility index (Phi) is 6.08. The van der Waals surface area contributed by atoms with Crippen LogP contribution < -0.4 is 4.74 Å². The van der Waals surface area contributed by atoms with Gasteiger partial charge >= 0.3 is 5.97 Å². The van der Waals surface area contributed by atoms with E-state index in [1.54, 1.807) is 24.3 Å². The van der Waals surface area contributed by atoms with E-state index >= 15 is 0 Å². The molecule has 0 saturated carbocycles. The van der Waals surface area contributed by atoms with Gasteiger partial charge in [0.1, 0.15) is 18.4 Å². The number of piperidine rings is 1. The summed E-state index contributed by atoms with van der Waals surface area (Å²) < 4.78 is 15.6. The summed E-state index contributed by atoms with van der Waals surface area (Å²) in [6.07, 6.45) is 2.26. The summed E-state index contributed by atoms with van der Waals surface area (Å²) in [6, 6.07) is 7.64. The number of ketones is 1. The second kappa shape index (κ2) is 8.69. The summed E-state index contributed by atoms with van der Waals surface area (Å²) in [6.45, 7) is 2.05. The number of ether oxygens (including phenoxy) is 2. The molecule has 1 unspecified atom stereocenters. The summed E-state index contributed by atoms with van der Waals surface area (Å²) >= 11 is 0. The molecule has 0 aliphatic carbocycles. The molecule has 1 aromatic heterocycles. The Bertz CT molecular complexity index is 858. The minimum Gasteiger partial charge on any atom is -0.486 e. The van der Waals surface area contributed by atoms with Gasteiger partial charge in [0.2, 0.25) is 0 Å². The third kappa shape index (κ3) is 4.39. The van der Waals surface area contributed by atoms with E-state index in [2.05, 4.69) is 5.16 Å². The molecule has 0 spiro atoms. The van der Waals surface area contributed by atoms with Gasteiger partial charge in [-0.2, -0.15) is 0 Å². The van der Waals surface area contributed by atoms with Crippen LogP contribution >= 0.6 is 0 Å². The Morgan fingerprint density at radius 1 is 1.21 bits per heavy atom. The van der Waals surface area contributed by atoms with Crippen molar-refractivity contribution < 1.29 is 28.4 Å². The maximum atomic E-state index is 12.7. The Morgan fingerprint density at radius 2 is 1.96 bits per heavy atom. The predicted molar refractivity (Wildman–Crippen MR) is 98.0 cm³/mol. The molecule has 1 fully saturated rings. The number of carbonyl (C=O) groups is 3. The number of aromatic nitrogens is 1. The molecule has 148 valence electrons. The molecule has 28 heavy (non-hydrogen) atoms. The fourth-order valence-electron chi connectivity index (χ4n) is 3.12. The van der Waals surface area contributed by atoms with Gasteiger partial charge in [-0.15, -0.1) is 0 Å². The molecule has 2 heterocycles. The summed E-state index contributed by atoms with van der Waals surface area (Å²) in [5.41, 5.74) is 0.725. The molecule has 1 aliphatic rings. The highest BCUT2D eigenvalue weighted by Gasteiger charge is 2.34. The molecule has 2 aromatic rings. The average Bonchev–Trinajstić information content (AvgIpc) is 3.20. The number of likely N-dealkylation sites (tertiary alicyclic amines) is 1. The van der Waals surface area contributed by atoms with Crippen molar-refractivity contribution >= 4 is 17.7 Å². The zero-order chi connectivity index (χ0) is 20.1. The molecule has 0 bridgehead atoms. The number of methoxy groups -OCH3 is 1. The largest absolute Gasteiger partial charge is 0.486 e. The van der Waals surface area contributed by atoms with E-state index in [0.29, 0.717) is 30.0 Å². The van der Waals surface area contributed by atoms with E-state index in [1.165, 1.54) is 25.0 Å². The molecule has 3 rings (SSSR count). The lowest BCUT2D eigenvalue weighted by Crippen LogP contribution is -2.48. The third-order valence-electron chi connectivity index (χ3n) is 4.66. The second-order valence-electron chi connectivity index (χ2n) is 6.58. The smallest absolute Gasteiger partial charge is 0.328 e. The van der Waals surface area contributed by atoms with Crippen molar-refractivity contribution in [1.82, 2.24) is 10.1 Å². The summed E-state index contributed by atoms with van der Waals surface area (Å²) in [4.78, 5) is 37.5. The van der Waals surface area contributed by atoms with Crippen LogP contribution in [0.2, 0.25) is 0 Å². The first-order valence-electron chi connectivity index (χ1n) is 9.08. The van der Waals surface area contributed by atoms with E-state index < -0.39 is 12.0 Å². The summed E-state index contributed by atoms with van der Waals surface area (Å²) in [5, 5.41) is 3.82. The van der Waals surface area contributed by atoms with Crippen LogP contribution in [0.25, 0.3) is 0 Å². The summed E-state index contributed by atoms with van der Waals surface area (Å²) in [5.74, 6) is 0.139. The van der Waals surface area contributed by atoms with Crippen LogP contribution in [-0.2, 0) is 16.1 Å². The summed E-state index contributed by atoms with van der Waals surface area (Å²) in [7, 11) is 1.31.